The third-order valence-electron chi connectivity index (χ3n) is 1.43. The maximum Gasteiger partial charge on any atom is 0.105 e. The Labute approximate surface area is 58.5 Å². The van der Waals surface area contributed by atoms with E-state index < -0.39 is 0 Å². The van der Waals surface area contributed by atoms with Gasteiger partial charge in [0.1, 0.15) is 11.5 Å². The van der Waals surface area contributed by atoms with E-state index >= 15 is 0 Å². The van der Waals surface area contributed by atoms with Gasteiger partial charge in [0, 0.05) is 6.20 Å². The van der Waals surface area contributed by atoms with Crippen molar-refractivity contribution in [2.24, 2.45) is 0 Å². The summed E-state index contributed by atoms with van der Waals surface area (Å²) in [5, 5.41) is 0. The third kappa shape index (κ3) is 0.673. The number of aromatic amines is 1. The highest BCUT2D eigenvalue weighted by Gasteiger charge is 2.01. The zero-order valence-corrected chi connectivity index (χ0v) is 5.63. The summed E-state index contributed by atoms with van der Waals surface area (Å²) >= 11 is 0. The molecule has 0 saturated carbocycles. The molecule has 0 spiro atoms. The van der Waals surface area contributed by atoms with E-state index in [4.69, 9.17) is 0 Å². The first-order valence-electron chi connectivity index (χ1n) is 3.12. The summed E-state index contributed by atoms with van der Waals surface area (Å²) < 4.78 is 0. The predicted molar refractivity (Wildman–Crippen MR) is 37.7 cm³/mol. The number of nitrogens with one attached hydrogen (secondary N) is 1. The molecule has 0 amide bonds. The lowest BCUT2D eigenvalue weighted by molar-refractivity contribution is 1.05. The summed E-state index contributed by atoms with van der Waals surface area (Å²) in [6.45, 7) is 1.92. The van der Waals surface area contributed by atoms with Gasteiger partial charge in [-0.25, -0.2) is 4.98 Å². The van der Waals surface area contributed by atoms with Crippen molar-refractivity contribution in [2.75, 3.05) is 0 Å². The lowest BCUT2D eigenvalue weighted by atomic mass is 10.3. The van der Waals surface area contributed by atoms with Gasteiger partial charge in [-0.3, -0.25) is 4.98 Å². The number of hydrogen-bond donors (Lipinski definition) is 1. The van der Waals surface area contributed by atoms with Gasteiger partial charge >= 0.3 is 0 Å². The number of aryl methyl sites for hydroxylation is 1. The fourth-order valence-corrected chi connectivity index (χ4v) is 0.941. The molecule has 0 bridgehead atoms. The Kier molecular flexibility index (Phi) is 0.974. The van der Waals surface area contributed by atoms with Crippen molar-refractivity contribution in [2.45, 2.75) is 6.92 Å². The Morgan fingerprint density at radius 1 is 1.40 bits per heavy atom. The Bertz CT molecular complexity index is 313. The monoisotopic (exact) mass is 133 g/mol. The minimum Gasteiger partial charge on any atom is -0.342 e. The third-order valence-corrected chi connectivity index (χ3v) is 1.43. The van der Waals surface area contributed by atoms with Crippen LogP contribution in [0, 0.1) is 6.92 Å². The number of aromatic nitrogens is 3. The van der Waals surface area contributed by atoms with Crippen LogP contribution in [0.15, 0.2) is 18.5 Å². The second-order valence-corrected chi connectivity index (χ2v) is 2.21. The van der Waals surface area contributed by atoms with Gasteiger partial charge in [0.15, 0.2) is 0 Å². The lowest BCUT2D eigenvalue weighted by Gasteiger charge is -1.96. The highest BCUT2D eigenvalue weighted by Crippen LogP contribution is 2.14. The van der Waals surface area contributed by atoms with Crippen LogP contribution in [0.25, 0.3) is 11.4 Å². The van der Waals surface area contributed by atoms with E-state index in [9.17, 15) is 0 Å². The second kappa shape index (κ2) is 1.80. The van der Waals surface area contributed by atoms with Crippen molar-refractivity contribution < 1.29 is 0 Å². The predicted octanol–water partition coefficient (Wildman–Crippen LogP) is 1.22. The van der Waals surface area contributed by atoms with Gasteiger partial charge in [-0.15, -0.1) is 0 Å². The Balaban J connectivity index is 2.75. The van der Waals surface area contributed by atoms with Crippen molar-refractivity contribution in [3.63, 3.8) is 0 Å². The molecule has 0 radical (unpaired) electrons. The minimum atomic E-state index is 0.917. The molecule has 3 heteroatoms. The van der Waals surface area contributed by atoms with Gasteiger partial charge in [-0.1, -0.05) is 0 Å². The highest BCUT2D eigenvalue weighted by molar-refractivity contribution is 5.54. The average Bonchev–Trinajstić information content (AvgIpc) is 2.33. The molecule has 0 aromatic carbocycles. The Morgan fingerprint density at radius 2 is 2.30 bits per heavy atom. The van der Waals surface area contributed by atoms with Gasteiger partial charge < -0.3 is 4.98 Å². The number of rotatable bonds is 0. The normalized spacial score (nSPS) is 10.5. The van der Waals surface area contributed by atoms with Crippen LogP contribution in [-0.4, -0.2) is 15.0 Å². The smallest absolute Gasteiger partial charge is 0.105 e. The molecule has 0 atom stereocenters. The summed E-state index contributed by atoms with van der Waals surface area (Å²) in [5.74, 6) is 0.917. The molecule has 0 aromatic heterocycles. The van der Waals surface area contributed by atoms with E-state index in [1.807, 2.05) is 13.0 Å². The molecule has 0 aliphatic carbocycles. The summed E-state index contributed by atoms with van der Waals surface area (Å²) in [4.78, 5) is 11.2. The standard InChI is InChI=1S/C7H7N3/c1-5-9-4-7-6(10-5)2-3-8-7/h2-4H,1H3,(H,9,10). The molecular formula is C7H7N3. The maximum absolute atomic E-state index is 4.07. The van der Waals surface area contributed by atoms with Crippen LogP contribution < -0.4 is 0 Å². The molecule has 0 fully saturated rings. The van der Waals surface area contributed by atoms with Crippen molar-refractivity contribution >= 4 is 0 Å². The largest absolute Gasteiger partial charge is 0.342 e. The van der Waals surface area contributed by atoms with Crippen LogP contribution in [0.3, 0.4) is 0 Å². The SMILES string of the molecule is Cc1ncc2nccc-2[nH]1. The fraction of sp³-hybridized carbons (Fsp3) is 0.143. The number of hydrogen-bond acceptors (Lipinski definition) is 2. The van der Waals surface area contributed by atoms with Crippen LogP contribution in [0.1, 0.15) is 5.82 Å². The molecule has 50 valence electrons. The highest BCUT2D eigenvalue weighted by atomic mass is 14.9. The average molecular weight is 133 g/mol. The zero-order valence-electron chi connectivity index (χ0n) is 5.63. The molecule has 10 heavy (non-hydrogen) atoms. The Hall–Kier alpha value is -1.38. The first-order valence-corrected chi connectivity index (χ1v) is 3.12. The van der Waals surface area contributed by atoms with E-state index in [0.717, 1.165) is 17.2 Å². The molecule has 3 nitrogen and oxygen atoms in total. The van der Waals surface area contributed by atoms with E-state index in [1.54, 1.807) is 12.4 Å². The summed E-state index contributed by atoms with van der Waals surface area (Å²) in [6.07, 6.45) is 3.53. The topological polar surface area (TPSA) is 41.6 Å². The molecule has 2 aliphatic rings. The van der Waals surface area contributed by atoms with Gasteiger partial charge in [0.05, 0.1) is 11.9 Å². The van der Waals surface area contributed by atoms with Crippen LogP contribution in [-0.2, 0) is 0 Å². The van der Waals surface area contributed by atoms with Crippen molar-refractivity contribution in [1.82, 2.24) is 15.0 Å². The molecular weight excluding hydrogens is 126 g/mol. The number of H-pyrrole nitrogens is 1. The first kappa shape index (κ1) is 5.41. The second-order valence-electron chi connectivity index (χ2n) is 2.21. The summed E-state index contributed by atoms with van der Waals surface area (Å²) in [5.41, 5.74) is 1.97. The molecule has 0 aromatic rings. The van der Waals surface area contributed by atoms with E-state index in [-0.39, 0.29) is 0 Å². The first-order chi connectivity index (χ1) is 4.86. The molecule has 2 aliphatic heterocycles. The lowest BCUT2D eigenvalue weighted by Crippen LogP contribution is -1.89. The van der Waals surface area contributed by atoms with Gasteiger partial charge in [-0.2, -0.15) is 0 Å². The van der Waals surface area contributed by atoms with E-state index in [1.165, 1.54) is 0 Å². The number of fused-ring (bicyclic) bond motifs is 1. The van der Waals surface area contributed by atoms with Crippen LogP contribution >= 0.6 is 0 Å². The summed E-state index contributed by atoms with van der Waals surface area (Å²) in [7, 11) is 0. The van der Waals surface area contributed by atoms with Gasteiger partial charge in [0.2, 0.25) is 0 Å². The minimum absolute atomic E-state index is 0.917. The van der Waals surface area contributed by atoms with Crippen molar-refractivity contribution in [3.05, 3.63) is 24.3 Å². The van der Waals surface area contributed by atoms with Crippen LogP contribution in [0.2, 0.25) is 0 Å². The van der Waals surface area contributed by atoms with Gasteiger partial charge in [-0.05, 0) is 13.0 Å². The van der Waals surface area contributed by atoms with Crippen molar-refractivity contribution in [1.29, 1.82) is 0 Å². The van der Waals surface area contributed by atoms with E-state index in [2.05, 4.69) is 15.0 Å². The molecule has 0 unspecified atom stereocenters. The van der Waals surface area contributed by atoms with Crippen molar-refractivity contribution in [3.8, 4) is 11.4 Å². The fourth-order valence-electron chi connectivity index (χ4n) is 0.941. The molecule has 1 N–H and O–H groups in total. The summed E-state index contributed by atoms with van der Waals surface area (Å²) in [6, 6.07) is 1.93. The Morgan fingerprint density at radius 3 is 3.20 bits per heavy atom. The number of nitrogens with zero attached hydrogens (tertiary/aromatic N) is 2. The molecule has 2 rings (SSSR count). The maximum atomic E-state index is 4.07. The van der Waals surface area contributed by atoms with Crippen LogP contribution in [0.5, 0.6) is 0 Å². The quantitative estimate of drug-likeness (QED) is 0.587. The zero-order chi connectivity index (χ0) is 6.97. The van der Waals surface area contributed by atoms with Crippen LogP contribution in [0.4, 0.5) is 0 Å². The molecule has 0 saturated heterocycles. The van der Waals surface area contributed by atoms with E-state index in [0.29, 0.717) is 0 Å². The van der Waals surface area contributed by atoms with Gasteiger partial charge in [0.25, 0.3) is 0 Å². The molecule has 2 heterocycles.